The smallest absolute Gasteiger partial charge is 0.120 e. The van der Waals surface area contributed by atoms with Crippen LogP contribution >= 0.6 is 15.9 Å². The molecule has 0 aliphatic carbocycles. The van der Waals surface area contributed by atoms with Crippen molar-refractivity contribution >= 4 is 15.9 Å². The molecule has 0 saturated carbocycles. The highest BCUT2D eigenvalue weighted by Crippen LogP contribution is 2.30. The molecule has 0 saturated heterocycles. The minimum atomic E-state index is 0.110. The molecule has 0 bridgehead atoms. The number of aromatic hydroxyl groups is 1. The van der Waals surface area contributed by atoms with E-state index in [0.29, 0.717) is 5.75 Å². The van der Waals surface area contributed by atoms with Gasteiger partial charge in [-0.15, -0.1) is 0 Å². The van der Waals surface area contributed by atoms with E-state index in [0.717, 1.165) is 29.3 Å². The Kier molecular flexibility index (Phi) is 6.68. The maximum Gasteiger partial charge on any atom is 0.120 e. The third kappa shape index (κ3) is 4.26. The van der Waals surface area contributed by atoms with E-state index in [-0.39, 0.29) is 18.7 Å². The lowest BCUT2D eigenvalue weighted by molar-refractivity contribution is 0.254. The zero-order valence-electron chi connectivity index (χ0n) is 11.0. The van der Waals surface area contributed by atoms with Crippen molar-refractivity contribution in [3.8, 4) is 5.75 Å². The van der Waals surface area contributed by atoms with Gasteiger partial charge >= 0.3 is 0 Å². The Hall–Kier alpha value is -0.580. The summed E-state index contributed by atoms with van der Waals surface area (Å²) >= 11 is 3.43. The number of phenols is 1. The second-order valence-corrected chi connectivity index (χ2v) is 5.36. The topological polar surface area (TPSA) is 52.5 Å². The fraction of sp³-hybridized carbons (Fsp3) is 0.571. The lowest BCUT2D eigenvalue weighted by Gasteiger charge is -2.25. The largest absolute Gasteiger partial charge is 0.508 e. The van der Waals surface area contributed by atoms with Gasteiger partial charge in [-0.3, -0.25) is 0 Å². The molecule has 0 radical (unpaired) electrons. The maximum atomic E-state index is 9.94. The average molecular weight is 316 g/mol. The van der Waals surface area contributed by atoms with Crippen LogP contribution in [0.3, 0.4) is 0 Å². The summed E-state index contributed by atoms with van der Waals surface area (Å²) in [4.78, 5) is 0. The summed E-state index contributed by atoms with van der Waals surface area (Å²) in [6.45, 7) is 4.37. The summed E-state index contributed by atoms with van der Waals surface area (Å²) in [5.74, 6) is 0.316. The SMILES string of the molecule is CCC(CCO)NC(CC)c1cc(Br)ccc1O. The molecule has 102 valence electrons. The van der Waals surface area contributed by atoms with Gasteiger partial charge in [0.25, 0.3) is 0 Å². The molecule has 2 atom stereocenters. The van der Waals surface area contributed by atoms with E-state index in [1.165, 1.54) is 0 Å². The van der Waals surface area contributed by atoms with Crippen LogP contribution in [0.2, 0.25) is 0 Å². The predicted octanol–water partition coefficient (Wildman–Crippen LogP) is 3.36. The van der Waals surface area contributed by atoms with E-state index in [1.807, 2.05) is 12.1 Å². The van der Waals surface area contributed by atoms with Gasteiger partial charge in [-0.1, -0.05) is 29.8 Å². The number of nitrogens with one attached hydrogen (secondary N) is 1. The number of hydrogen-bond donors (Lipinski definition) is 3. The van der Waals surface area contributed by atoms with Crippen LogP contribution in [0.4, 0.5) is 0 Å². The molecule has 1 aromatic rings. The molecule has 0 aliphatic rings. The molecule has 18 heavy (non-hydrogen) atoms. The van der Waals surface area contributed by atoms with Gasteiger partial charge in [0.15, 0.2) is 0 Å². The highest BCUT2D eigenvalue weighted by Gasteiger charge is 2.17. The molecule has 0 spiro atoms. The number of phenolic OH excluding ortho intramolecular Hbond substituents is 1. The minimum Gasteiger partial charge on any atom is -0.508 e. The van der Waals surface area contributed by atoms with Crippen molar-refractivity contribution in [2.75, 3.05) is 6.61 Å². The molecule has 0 aromatic heterocycles. The van der Waals surface area contributed by atoms with E-state index in [2.05, 4.69) is 35.1 Å². The van der Waals surface area contributed by atoms with Crippen molar-refractivity contribution in [2.45, 2.75) is 45.2 Å². The zero-order valence-corrected chi connectivity index (χ0v) is 12.6. The normalized spacial score (nSPS) is 14.4. The van der Waals surface area contributed by atoms with Crippen LogP contribution in [0.5, 0.6) is 5.75 Å². The van der Waals surface area contributed by atoms with Gasteiger partial charge in [-0.05, 0) is 37.5 Å². The molecule has 0 aliphatic heterocycles. The standard InChI is InChI=1S/C14H22BrNO2/c1-3-11(7-8-17)16-13(4-2)12-9-10(15)5-6-14(12)18/h5-6,9,11,13,16-18H,3-4,7-8H2,1-2H3. The molecule has 0 heterocycles. The average Bonchev–Trinajstić information content (AvgIpc) is 2.37. The van der Waals surface area contributed by atoms with E-state index >= 15 is 0 Å². The Labute approximate surface area is 117 Å². The third-order valence-electron chi connectivity index (χ3n) is 3.18. The lowest BCUT2D eigenvalue weighted by atomic mass is 10.0. The van der Waals surface area contributed by atoms with Crippen LogP contribution in [0.25, 0.3) is 0 Å². The Morgan fingerprint density at radius 2 is 2.00 bits per heavy atom. The molecule has 2 unspecified atom stereocenters. The fourth-order valence-corrected chi connectivity index (χ4v) is 2.46. The second-order valence-electron chi connectivity index (χ2n) is 4.45. The van der Waals surface area contributed by atoms with Crippen molar-refractivity contribution in [3.63, 3.8) is 0 Å². The van der Waals surface area contributed by atoms with E-state index < -0.39 is 0 Å². The summed E-state index contributed by atoms with van der Waals surface area (Å²) in [7, 11) is 0. The van der Waals surface area contributed by atoms with Crippen LogP contribution in [-0.4, -0.2) is 22.9 Å². The second kappa shape index (κ2) is 7.77. The van der Waals surface area contributed by atoms with Crippen molar-refractivity contribution in [1.82, 2.24) is 5.32 Å². The van der Waals surface area contributed by atoms with Crippen LogP contribution in [-0.2, 0) is 0 Å². The number of hydrogen-bond acceptors (Lipinski definition) is 3. The van der Waals surface area contributed by atoms with Crippen LogP contribution in [0.1, 0.15) is 44.7 Å². The lowest BCUT2D eigenvalue weighted by Crippen LogP contribution is -2.33. The van der Waals surface area contributed by atoms with E-state index in [9.17, 15) is 5.11 Å². The molecule has 3 N–H and O–H groups in total. The molecule has 3 nitrogen and oxygen atoms in total. The number of halogens is 1. The van der Waals surface area contributed by atoms with Crippen molar-refractivity contribution in [3.05, 3.63) is 28.2 Å². The third-order valence-corrected chi connectivity index (χ3v) is 3.67. The number of aliphatic hydroxyl groups is 1. The fourth-order valence-electron chi connectivity index (χ4n) is 2.08. The van der Waals surface area contributed by atoms with Crippen molar-refractivity contribution in [2.24, 2.45) is 0 Å². The van der Waals surface area contributed by atoms with Gasteiger partial charge in [0.2, 0.25) is 0 Å². The number of rotatable bonds is 7. The highest BCUT2D eigenvalue weighted by molar-refractivity contribution is 9.10. The summed E-state index contributed by atoms with van der Waals surface area (Å²) in [6.07, 6.45) is 2.60. The first-order chi connectivity index (χ1) is 8.62. The van der Waals surface area contributed by atoms with Gasteiger partial charge in [-0.2, -0.15) is 0 Å². The Balaban J connectivity index is 2.84. The summed E-state index contributed by atoms with van der Waals surface area (Å²) < 4.78 is 0.964. The Bertz CT molecular complexity index is 371. The minimum absolute atomic E-state index is 0.110. The van der Waals surface area contributed by atoms with Crippen molar-refractivity contribution in [1.29, 1.82) is 0 Å². The van der Waals surface area contributed by atoms with E-state index in [4.69, 9.17) is 5.11 Å². The molecule has 0 amide bonds. The summed E-state index contributed by atoms with van der Waals surface area (Å²) in [5, 5.41) is 22.5. The first-order valence-corrected chi connectivity index (χ1v) is 7.26. The van der Waals surface area contributed by atoms with Gasteiger partial charge in [-0.25, -0.2) is 0 Å². The maximum absolute atomic E-state index is 9.94. The first kappa shape index (κ1) is 15.5. The summed E-state index contributed by atoms with van der Waals surface area (Å²) in [5.41, 5.74) is 0.906. The van der Waals surface area contributed by atoms with Crippen LogP contribution in [0.15, 0.2) is 22.7 Å². The highest BCUT2D eigenvalue weighted by atomic mass is 79.9. The zero-order chi connectivity index (χ0) is 13.5. The molecule has 1 rings (SSSR count). The van der Waals surface area contributed by atoms with Crippen LogP contribution < -0.4 is 5.32 Å². The van der Waals surface area contributed by atoms with E-state index in [1.54, 1.807) is 6.07 Å². The van der Waals surface area contributed by atoms with Crippen LogP contribution in [0, 0.1) is 0 Å². The molecule has 4 heteroatoms. The summed E-state index contributed by atoms with van der Waals surface area (Å²) in [6, 6.07) is 5.87. The predicted molar refractivity (Wildman–Crippen MR) is 77.8 cm³/mol. The van der Waals surface area contributed by atoms with Gasteiger partial charge < -0.3 is 15.5 Å². The van der Waals surface area contributed by atoms with Gasteiger partial charge in [0.1, 0.15) is 5.75 Å². The molecule has 1 aromatic carbocycles. The molecular formula is C14H22BrNO2. The monoisotopic (exact) mass is 315 g/mol. The quantitative estimate of drug-likeness (QED) is 0.723. The first-order valence-electron chi connectivity index (χ1n) is 6.47. The molecular weight excluding hydrogens is 294 g/mol. The van der Waals surface area contributed by atoms with Gasteiger partial charge in [0.05, 0.1) is 0 Å². The number of aliphatic hydroxyl groups excluding tert-OH is 1. The Morgan fingerprint density at radius 1 is 1.28 bits per heavy atom. The Morgan fingerprint density at radius 3 is 2.56 bits per heavy atom. The molecule has 0 fully saturated rings. The van der Waals surface area contributed by atoms with Crippen molar-refractivity contribution < 1.29 is 10.2 Å². The number of benzene rings is 1. The van der Waals surface area contributed by atoms with Gasteiger partial charge in [0, 0.05) is 28.7 Å².